The average molecular weight is 205 g/mol. The lowest BCUT2D eigenvalue weighted by Crippen LogP contribution is -2.08. The molecule has 74 valence electrons. The van der Waals surface area contributed by atoms with Gasteiger partial charge in [-0.25, -0.2) is 0 Å². The molecule has 2 heteroatoms. The van der Waals surface area contributed by atoms with E-state index in [0.29, 0.717) is 0 Å². The molecule has 2 N–H and O–H groups in total. The molecule has 0 saturated heterocycles. The highest BCUT2D eigenvalue weighted by Crippen LogP contribution is 2.30. The number of thiophene rings is 1. The molecule has 0 aliphatic rings. The summed E-state index contributed by atoms with van der Waals surface area (Å²) in [4.78, 5) is 0. The van der Waals surface area contributed by atoms with Crippen molar-refractivity contribution in [3.8, 4) is 0 Å². The summed E-state index contributed by atoms with van der Waals surface area (Å²) < 4.78 is 1.34. The lowest BCUT2D eigenvalue weighted by Gasteiger charge is -2.08. The highest BCUT2D eigenvalue weighted by molar-refractivity contribution is 7.17. The van der Waals surface area contributed by atoms with E-state index < -0.39 is 0 Å². The van der Waals surface area contributed by atoms with Crippen LogP contribution >= 0.6 is 11.3 Å². The first-order valence-electron chi connectivity index (χ1n) is 5.04. The molecule has 0 fully saturated rings. The summed E-state index contributed by atoms with van der Waals surface area (Å²) in [6, 6.07) is 8.68. The van der Waals surface area contributed by atoms with E-state index in [1.165, 1.54) is 15.6 Å². The quantitative estimate of drug-likeness (QED) is 0.812. The van der Waals surface area contributed by atoms with Gasteiger partial charge in [-0.15, -0.1) is 11.3 Å². The van der Waals surface area contributed by atoms with Gasteiger partial charge in [-0.2, -0.15) is 0 Å². The predicted molar refractivity (Wildman–Crippen MR) is 63.7 cm³/mol. The SMILES string of the molecule is CCC[C@H](N)c1csc2ccccc12. The fourth-order valence-corrected chi connectivity index (χ4v) is 2.78. The number of rotatable bonds is 3. The monoisotopic (exact) mass is 205 g/mol. The van der Waals surface area contributed by atoms with Crippen LogP contribution in [0.25, 0.3) is 10.1 Å². The van der Waals surface area contributed by atoms with E-state index in [1.54, 1.807) is 11.3 Å². The number of benzene rings is 1. The molecule has 0 bridgehead atoms. The fraction of sp³-hybridized carbons (Fsp3) is 0.333. The molecule has 14 heavy (non-hydrogen) atoms. The standard InChI is InChI=1S/C12H15NS/c1-2-5-11(13)10-8-14-12-7-4-3-6-9(10)12/h3-4,6-8,11H,2,5,13H2,1H3/t11-/m0/s1. The van der Waals surface area contributed by atoms with Gasteiger partial charge in [0.05, 0.1) is 0 Å². The normalized spacial score (nSPS) is 13.3. The van der Waals surface area contributed by atoms with Crippen LogP contribution in [0.15, 0.2) is 29.6 Å². The smallest absolute Gasteiger partial charge is 0.0346 e. The summed E-state index contributed by atoms with van der Waals surface area (Å²) in [5.74, 6) is 0. The fourth-order valence-electron chi connectivity index (χ4n) is 1.75. The minimum Gasteiger partial charge on any atom is -0.324 e. The number of nitrogens with two attached hydrogens (primary N) is 1. The van der Waals surface area contributed by atoms with Crippen LogP contribution in [0.4, 0.5) is 0 Å². The van der Waals surface area contributed by atoms with E-state index >= 15 is 0 Å². The maximum atomic E-state index is 6.12. The van der Waals surface area contributed by atoms with E-state index in [1.807, 2.05) is 0 Å². The van der Waals surface area contributed by atoms with Crippen molar-refractivity contribution in [2.75, 3.05) is 0 Å². The van der Waals surface area contributed by atoms with Crippen LogP contribution in [0.5, 0.6) is 0 Å². The molecule has 0 radical (unpaired) electrons. The summed E-state index contributed by atoms with van der Waals surface area (Å²) in [6.07, 6.45) is 2.21. The van der Waals surface area contributed by atoms with Gasteiger partial charge in [-0.05, 0) is 28.8 Å². The zero-order valence-electron chi connectivity index (χ0n) is 8.36. The van der Waals surface area contributed by atoms with Crippen molar-refractivity contribution in [3.05, 3.63) is 35.2 Å². The summed E-state index contributed by atoms with van der Waals surface area (Å²) in [5, 5.41) is 3.53. The Morgan fingerprint density at radius 2 is 2.14 bits per heavy atom. The second-order valence-electron chi connectivity index (χ2n) is 3.58. The van der Waals surface area contributed by atoms with Gasteiger partial charge < -0.3 is 5.73 Å². The van der Waals surface area contributed by atoms with Crippen molar-refractivity contribution in [1.82, 2.24) is 0 Å². The van der Waals surface area contributed by atoms with Crippen molar-refractivity contribution in [2.24, 2.45) is 5.73 Å². The molecule has 0 amide bonds. The van der Waals surface area contributed by atoms with Crippen LogP contribution in [-0.2, 0) is 0 Å². The van der Waals surface area contributed by atoms with Crippen LogP contribution in [0.3, 0.4) is 0 Å². The molecule has 1 atom stereocenters. The van der Waals surface area contributed by atoms with E-state index in [2.05, 4.69) is 36.6 Å². The molecular formula is C12H15NS. The van der Waals surface area contributed by atoms with E-state index in [9.17, 15) is 0 Å². The Morgan fingerprint density at radius 3 is 2.93 bits per heavy atom. The Hall–Kier alpha value is -0.860. The highest BCUT2D eigenvalue weighted by Gasteiger charge is 2.09. The lowest BCUT2D eigenvalue weighted by atomic mass is 10.0. The zero-order chi connectivity index (χ0) is 9.97. The van der Waals surface area contributed by atoms with Gasteiger partial charge in [-0.3, -0.25) is 0 Å². The van der Waals surface area contributed by atoms with Crippen LogP contribution < -0.4 is 5.73 Å². The van der Waals surface area contributed by atoms with E-state index in [-0.39, 0.29) is 6.04 Å². The van der Waals surface area contributed by atoms with Crippen molar-refractivity contribution >= 4 is 21.4 Å². The van der Waals surface area contributed by atoms with Gasteiger partial charge in [0.15, 0.2) is 0 Å². The summed E-state index contributed by atoms with van der Waals surface area (Å²) in [5.41, 5.74) is 7.44. The molecule has 1 heterocycles. The second-order valence-corrected chi connectivity index (χ2v) is 4.49. The zero-order valence-corrected chi connectivity index (χ0v) is 9.18. The van der Waals surface area contributed by atoms with E-state index in [4.69, 9.17) is 5.73 Å². The van der Waals surface area contributed by atoms with Gasteiger partial charge in [-0.1, -0.05) is 31.5 Å². The maximum absolute atomic E-state index is 6.12. The molecule has 1 nitrogen and oxygen atoms in total. The van der Waals surface area contributed by atoms with Crippen molar-refractivity contribution in [3.63, 3.8) is 0 Å². The summed E-state index contributed by atoms with van der Waals surface area (Å²) >= 11 is 1.79. The van der Waals surface area contributed by atoms with Crippen LogP contribution in [0, 0.1) is 0 Å². The minimum absolute atomic E-state index is 0.205. The van der Waals surface area contributed by atoms with E-state index in [0.717, 1.165) is 12.8 Å². The van der Waals surface area contributed by atoms with Gasteiger partial charge >= 0.3 is 0 Å². The predicted octanol–water partition coefficient (Wildman–Crippen LogP) is 3.70. The first kappa shape index (κ1) is 9.69. The molecule has 2 rings (SSSR count). The van der Waals surface area contributed by atoms with Crippen LogP contribution in [-0.4, -0.2) is 0 Å². The van der Waals surface area contributed by atoms with Crippen molar-refractivity contribution in [2.45, 2.75) is 25.8 Å². The Balaban J connectivity index is 2.42. The maximum Gasteiger partial charge on any atom is 0.0346 e. The largest absolute Gasteiger partial charge is 0.324 e. The molecule has 0 aliphatic carbocycles. The topological polar surface area (TPSA) is 26.0 Å². The van der Waals surface area contributed by atoms with Crippen molar-refractivity contribution in [1.29, 1.82) is 0 Å². The number of hydrogen-bond acceptors (Lipinski definition) is 2. The second kappa shape index (κ2) is 4.11. The van der Waals surface area contributed by atoms with Crippen LogP contribution in [0.1, 0.15) is 31.4 Å². The Bertz CT molecular complexity index is 419. The lowest BCUT2D eigenvalue weighted by molar-refractivity contribution is 0.644. The van der Waals surface area contributed by atoms with Gasteiger partial charge in [0.25, 0.3) is 0 Å². The Labute approximate surface area is 88.6 Å². The molecule has 1 aromatic heterocycles. The minimum atomic E-state index is 0.205. The Kier molecular flexibility index (Phi) is 2.85. The molecule has 0 aliphatic heterocycles. The van der Waals surface area contributed by atoms with Crippen LogP contribution in [0.2, 0.25) is 0 Å². The summed E-state index contributed by atoms with van der Waals surface area (Å²) in [6.45, 7) is 2.18. The summed E-state index contributed by atoms with van der Waals surface area (Å²) in [7, 11) is 0. The number of fused-ring (bicyclic) bond motifs is 1. The third-order valence-corrected chi connectivity index (χ3v) is 3.49. The molecule has 0 saturated carbocycles. The molecule has 1 aromatic carbocycles. The molecule has 2 aromatic rings. The number of hydrogen-bond donors (Lipinski definition) is 1. The first-order valence-corrected chi connectivity index (χ1v) is 5.92. The molecular weight excluding hydrogens is 190 g/mol. The highest BCUT2D eigenvalue weighted by atomic mass is 32.1. The van der Waals surface area contributed by atoms with Gasteiger partial charge in [0.1, 0.15) is 0 Å². The third-order valence-electron chi connectivity index (χ3n) is 2.51. The third kappa shape index (κ3) is 1.68. The Morgan fingerprint density at radius 1 is 1.36 bits per heavy atom. The average Bonchev–Trinajstić information content (AvgIpc) is 2.61. The van der Waals surface area contributed by atoms with Gasteiger partial charge in [0, 0.05) is 10.7 Å². The molecule has 0 unspecified atom stereocenters. The van der Waals surface area contributed by atoms with Crippen molar-refractivity contribution < 1.29 is 0 Å². The first-order chi connectivity index (χ1) is 6.83. The molecule has 0 spiro atoms. The van der Waals surface area contributed by atoms with Gasteiger partial charge in [0.2, 0.25) is 0 Å².